The second-order valence-electron chi connectivity index (χ2n) is 5.88. The summed E-state index contributed by atoms with van der Waals surface area (Å²) in [5, 5.41) is 5.09. The van der Waals surface area contributed by atoms with E-state index in [-0.39, 0.29) is 42.7 Å². The third kappa shape index (κ3) is 5.31. The van der Waals surface area contributed by atoms with Gasteiger partial charge in [0.1, 0.15) is 0 Å². The molecule has 1 aromatic heterocycles. The van der Waals surface area contributed by atoms with Crippen LogP contribution in [0.4, 0.5) is 0 Å². The van der Waals surface area contributed by atoms with Crippen LogP contribution in [0.2, 0.25) is 0 Å². The molecule has 3 heterocycles. The van der Waals surface area contributed by atoms with E-state index in [2.05, 4.69) is 10.3 Å². The van der Waals surface area contributed by atoms with Gasteiger partial charge in [-0.3, -0.25) is 9.59 Å². The molecule has 1 atom stereocenters. The van der Waals surface area contributed by atoms with Gasteiger partial charge in [-0.15, -0.1) is 36.2 Å². The third-order valence-corrected chi connectivity index (χ3v) is 5.03. The predicted molar refractivity (Wildman–Crippen MR) is 99.1 cm³/mol. The van der Waals surface area contributed by atoms with Crippen molar-refractivity contribution in [3.63, 3.8) is 0 Å². The van der Waals surface area contributed by atoms with Gasteiger partial charge in [0.25, 0.3) is 0 Å². The number of carbonyl (C=O) groups is 2. The Morgan fingerprint density at radius 3 is 2.92 bits per heavy atom. The molecule has 24 heavy (non-hydrogen) atoms. The number of thiazole rings is 1. The first-order chi connectivity index (χ1) is 10.7. The van der Waals surface area contributed by atoms with Crippen molar-refractivity contribution in [3.05, 3.63) is 16.6 Å². The minimum Gasteiger partial charge on any atom is -0.341 e. The SMILES string of the molecule is Cl.Cl.O=C(CCc1cscn1)N1CCCC(N2CCNCC2=O)C1. The average Bonchev–Trinajstić information content (AvgIpc) is 3.06. The molecule has 2 saturated heterocycles. The summed E-state index contributed by atoms with van der Waals surface area (Å²) in [4.78, 5) is 32.5. The molecule has 136 valence electrons. The fourth-order valence-electron chi connectivity index (χ4n) is 3.20. The number of carbonyl (C=O) groups excluding carboxylic acids is 2. The van der Waals surface area contributed by atoms with Gasteiger partial charge in [-0.2, -0.15) is 0 Å². The number of amides is 2. The van der Waals surface area contributed by atoms with Crippen LogP contribution in [-0.4, -0.2) is 65.4 Å². The molecule has 1 aromatic rings. The molecule has 0 radical (unpaired) electrons. The number of likely N-dealkylation sites (tertiary alicyclic amines) is 1. The third-order valence-electron chi connectivity index (χ3n) is 4.39. The van der Waals surface area contributed by atoms with E-state index in [1.165, 1.54) is 0 Å². The van der Waals surface area contributed by atoms with Gasteiger partial charge in [-0.05, 0) is 19.3 Å². The van der Waals surface area contributed by atoms with Crippen molar-refractivity contribution in [1.29, 1.82) is 0 Å². The summed E-state index contributed by atoms with van der Waals surface area (Å²) >= 11 is 1.56. The van der Waals surface area contributed by atoms with E-state index in [4.69, 9.17) is 0 Å². The first kappa shape index (κ1) is 21.2. The van der Waals surface area contributed by atoms with Gasteiger partial charge in [-0.1, -0.05) is 0 Å². The van der Waals surface area contributed by atoms with Crippen molar-refractivity contribution < 1.29 is 9.59 Å². The zero-order chi connectivity index (χ0) is 15.4. The Bertz CT molecular complexity index is 530. The smallest absolute Gasteiger partial charge is 0.236 e. The molecular formula is C15H24Cl2N4O2S. The van der Waals surface area contributed by atoms with Crippen molar-refractivity contribution in [1.82, 2.24) is 20.1 Å². The van der Waals surface area contributed by atoms with Crippen molar-refractivity contribution >= 4 is 48.0 Å². The maximum atomic E-state index is 12.4. The summed E-state index contributed by atoms with van der Waals surface area (Å²) in [7, 11) is 0. The Morgan fingerprint density at radius 2 is 2.21 bits per heavy atom. The minimum absolute atomic E-state index is 0. The number of aromatic nitrogens is 1. The largest absolute Gasteiger partial charge is 0.341 e. The number of piperidine rings is 1. The Kier molecular flexibility index (Phi) is 8.97. The van der Waals surface area contributed by atoms with Crippen LogP contribution >= 0.6 is 36.2 Å². The van der Waals surface area contributed by atoms with Crippen molar-refractivity contribution in [2.45, 2.75) is 31.7 Å². The fraction of sp³-hybridized carbons (Fsp3) is 0.667. The van der Waals surface area contributed by atoms with Crippen LogP contribution in [0.15, 0.2) is 10.9 Å². The molecule has 2 aliphatic rings. The molecular weight excluding hydrogens is 371 g/mol. The average molecular weight is 395 g/mol. The van der Waals surface area contributed by atoms with E-state index in [1.807, 2.05) is 15.2 Å². The van der Waals surface area contributed by atoms with Crippen LogP contribution < -0.4 is 5.32 Å². The first-order valence-corrected chi connectivity index (χ1v) is 8.83. The second kappa shape index (κ2) is 10.2. The quantitative estimate of drug-likeness (QED) is 0.836. The van der Waals surface area contributed by atoms with Crippen LogP contribution in [0, 0.1) is 0 Å². The van der Waals surface area contributed by atoms with Crippen LogP contribution in [-0.2, 0) is 16.0 Å². The van der Waals surface area contributed by atoms with Crippen molar-refractivity contribution in [2.75, 3.05) is 32.7 Å². The molecule has 9 heteroatoms. The van der Waals surface area contributed by atoms with E-state index < -0.39 is 0 Å². The van der Waals surface area contributed by atoms with E-state index in [9.17, 15) is 9.59 Å². The highest BCUT2D eigenvalue weighted by Gasteiger charge is 2.31. The highest BCUT2D eigenvalue weighted by Crippen LogP contribution is 2.18. The number of hydrogen-bond acceptors (Lipinski definition) is 5. The fourth-order valence-corrected chi connectivity index (χ4v) is 3.79. The Morgan fingerprint density at radius 1 is 1.38 bits per heavy atom. The lowest BCUT2D eigenvalue weighted by atomic mass is 10.0. The molecule has 6 nitrogen and oxygen atoms in total. The number of nitrogens with zero attached hydrogens (tertiary/aromatic N) is 3. The number of halogens is 2. The maximum Gasteiger partial charge on any atom is 0.236 e. The lowest BCUT2D eigenvalue weighted by Gasteiger charge is -2.41. The molecule has 1 unspecified atom stereocenters. The first-order valence-electron chi connectivity index (χ1n) is 7.89. The summed E-state index contributed by atoms with van der Waals surface area (Å²) in [5.41, 5.74) is 2.79. The van der Waals surface area contributed by atoms with E-state index in [0.717, 1.165) is 38.2 Å². The minimum atomic E-state index is 0. The van der Waals surface area contributed by atoms with Crippen LogP contribution in [0.25, 0.3) is 0 Å². The van der Waals surface area contributed by atoms with E-state index >= 15 is 0 Å². The predicted octanol–water partition coefficient (Wildman–Crippen LogP) is 1.34. The number of hydrogen-bond donors (Lipinski definition) is 1. The van der Waals surface area contributed by atoms with Crippen molar-refractivity contribution in [3.8, 4) is 0 Å². The van der Waals surface area contributed by atoms with Crippen LogP contribution in [0.3, 0.4) is 0 Å². The normalized spacial score (nSPS) is 21.0. The summed E-state index contributed by atoms with van der Waals surface area (Å²) < 4.78 is 0. The van der Waals surface area contributed by atoms with E-state index in [0.29, 0.717) is 25.9 Å². The number of aryl methyl sites for hydroxylation is 1. The van der Waals surface area contributed by atoms with Crippen LogP contribution in [0.1, 0.15) is 25.0 Å². The van der Waals surface area contributed by atoms with Crippen molar-refractivity contribution in [2.24, 2.45) is 0 Å². The van der Waals surface area contributed by atoms with Gasteiger partial charge in [-0.25, -0.2) is 4.98 Å². The Labute approximate surface area is 158 Å². The van der Waals surface area contributed by atoms with Gasteiger partial charge in [0, 0.05) is 44.0 Å². The molecule has 0 saturated carbocycles. The molecule has 0 aromatic carbocycles. The molecule has 0 bridgehead atoms. The molecule has 2 fully saturated rings. The molecule has 3 rings (SSSR count). The second-order valence-corrected chi connectivity index (χ2v) is 6.60. The van der Waals surface area contributed by atoms with Gasteiger partial charge in [0.05, 0.1) is 17.7 Å². The van der Waals surface area contributed by atoms with Gasteiger partial charge < -0.3 is 15.1 Å². The standard InChI is InChI=1S/C15H22N4O2S.2ClH/c20-14(4-3-12-10-22-11-17-12)18-6-1-2-13(9-18)19-7-5-16-8-15(19)21;;/h10-11,13,16H,1-9H2;2*1H. The summed E-state index contributed by atoms with van der Waals surface area (Å²) in [5.74, 6) is 0.341. The molecule has 2 amide bonds. The monoisotopic (exact) mass is 394 g/mol. The van der Waals surface area contributed by atoms with Gasteiger partial charge in [0.2, 0.25) is 11.8 Å². The highest BCUT2D eigenvalue weighted by atomic mass is 35.5. The number of piperazine rings is 1. The lowest BCUT2D eigenvalue weighted by molar-refractivity contribution is -0.140. The topological polar surface area (TPSA) is 65.5 Å². The molecule has 0 spiro atoms. The molecule has 2 aliphatic heterocycles. The summed E-state index contributed by atoms with van der Waals surface area (Å²) in [6.07, 6.45) is 3.19. The Hall–Kier alpha value is -0.890. The maximum absolute atomic E-state index is 12.4. The highest BCUT2D eigenvalue weighted by molar-refractivity contribution is 7.07. The van der Waals surface area contributed by atoms with Crippen LogP contribution in [0.5, 0.6) is 0 Å². The zero-order valence-corrected chi connectivity index (χ0v) is 15.9. The Balaban J connectivity index is 0.00000144. The van der Waals surface area contributed by atoms with Gasteiger partial charge in [0.15, 0.2) is 0 Å². The number of nitrogens with one attached hydrogen (secondary N) is 1. The van der Waals surface area contributed by atoms with E-state index in [1.54, 1.807) is 16.8 Å². The summed E-state index contributed by atoms with van der Waals surface area (Å²) in [6.45, 7) is 3.52. The number of rotatable bonds is 4. The lowest BCUT2D eigenvalue weighted by Crippen LogP contribution is -2.57. The molecule has 1 N–H and O–H groups in total. The molecule has 0 aliphatic carbocycles. The zero-order valence-electron chi connectivity index (χ0n) is 13.5. The summed E-state index contributed by atoms with van der Waals surface area (Å²) in [6, 6.07) is 0.187. The van der Waals surface area contributed by atoms with Gasteiger partial charge >= 0.3 is 0 Å².